The molecular weight excluding hydrogens is 442 g/mol. The Labute approximate surface area is 198 Å². The van der Waals surface area contributed by atoms with Gasteiger partial charge in [-0.05, 0) is 105 Å². The average molecular weight is 474 g/mol. The molecule has 0 bridgehead atoms. The maximum Gasteiger partial charge on any atom is 0.222 e. The highest BCUT2D eigenvalue weighted by atomic mass is 19.1. The normalized spacial score (nSPS) is 28.3. The molecule has 1 heterocycles. The zero-order valence-corrected chi connectivity index (χ0v) is 19.9. The van der Waals surface area contributed by atoms with Crippen molar-refractivity contribution in [3.05, 3.63) is 58.7 Å². The van der Waals surface area contributed by atoms with Crippen LogP contribution in [0.15, 0.2) is 29.3 Å². The lowest BCUT2D eigenvalue weighted by atomic mass is 9.64. The van der Waals surface area contributed by atoms with Crippen molar-refractivity contribution in [2.45, 2.75) is 70.8 Å². The van der Waals surface area contributed by atoms with Gasteiger partial charge < -0.3 is 4.74 Å². The van der Waals surface area contributed by atoms with E-state index in [9.17, 15) is 8.78 Å². The Bertz CT molecular complexity index is 1100. The highest BCUT2D eigenvalue weighted by Crippen LogP contribution is 2.48. The zero-order valence-electron chi connectivity index (χ0n) is 19.9. The van der Waals surface area contributed by atoms with Crippen molar-refractivity contribution in [2.24, 2.45) is 22.7 Å². The van der Waals surface area contributed by atoms with Gasteiger partial charge in [-0.2, -0.15) is 0 Å². The van der Waals surface area contributed by atoms with E-state index in [2.05, 4.69) is 11.9 Å². The van der Waals surface area contributed by atoms with E-state index < -0.39 is 39.9 Å². The number of halogens is 4. The van der Waals surface area contributed by atoms with Crippen molar-refractivity contribution in [3.63, 3.8) is 0 Å². The van der Waals surface area contributed by atoms with E-state index in [1.807, 2.05) is 0 Å². The summed E-state index contributed by atoms with van der Waals surface area (Å²) in [5, 5.41) is 0. The molecule has 0 N–H and O–H groups in total. The summed E-state index contributed by atoms with van der Waals surface area (Å²) in [6, 6.07) is 4.60. The zero-order chi connectivity index (χ0) is 24.2. The third-order valence-electron chi connectivity index (χ3n) is 7.92. The standard InChI is InChI=1S/C28H31F4NO/c1-15-4-5-17-9-18(7-6-16(17)8-15)19-10-21(29)25(22(30)11-19)20-12-23(31)26(24(32)13-20)27-33-28(2,3)14-34-27/h10-13,15-18H,4-9,14H2,1-3H3/t15?,16-,17-,18-/m1/s1. The number of hydrogen-bond donors (Lipinski definition) is 0. The molecule has 6 heteroatoms. The summed E-state index contributed by atoms with van der Waals surface area (Å²) in [4.78, 5) is 4.21. The minimum atomic E-state index is -0.959. The first-order chi connectivity index (χ1) is 16.1. The number of nitrogens with zero attached hydrogens (tertiary/aromatic N) is 1. The maximum absolute atomic E-state index is 15.2. The SMILES string of the molecule is CC1CC[C@@H]2C[C@H](c3cc(F)c(-c4cc(F)c(C5=NC(C)(C)CO5)c(F)c4)c(F)c3)CC[C@@H]2C1. The number of hydrogen-bond acceptors (Lipinski definition) is 2. The first-order valence-corrected chi connectivity index (χ1v) is 12.3. The predicted molar refractivity (Wildman–Crippen MR) is 125 cm³/mol. The molecule has 1 aliphatic heterocycles. The third kappa shape index (κ3) is 4.36. The van der Waals surface area contributed by atoms with E-state index in [1.54, 1.807) is 13.8 Å². The monoisotopic (exact) mass is 473 g/mol. The van der Waals surface area contributed by atoms with Crippen LogP contribution in [0.3, 0.4) is 0 Å². The molecule has 2 saturated carbocycles. The van der Waals surface area contributed by atoms with Crippen LogP contribution in [-0.4, -0.2) is 18.0 Å². The Morgan fingerprint density at radius 2 is 1.38 bits per heavy atom. The largest absolute Gasteiger partial charge is 0.475 e. The Hall–Kier alpha value is -2.37. The van der Waals surface area contributed by atoms with Crippen LogP contribution in [0.4, 0.5) is 17.6 Å². The highest BCUT2D eigenvalue weighted by molar-refractivity contribution is 5.96. The van der Waals surface area contributed by atoms with Gasteiger partial charge in [0.05, 0.1) is 11.1 Å². The van der Waals surface area contributed by atoms with Crippen LogP contribution in [0.2, 0.25) is 0 Å². The van der Waals surface area contributed by atoms with Crippen LogP contribution in [0.25, 0.3) is 11.1 Å². The number of benzene rings is 2. The van der Waals surface area contributed by atoms with Crippen LogP contribution in [-0.2, 0) is 4.74 Å². The molecule has 34 heavy (non-hydrogen) atoms. The molecule has 2 fully saturated rings. The van der Waals surface area contributed by atoms with Crippen molar-refractivity contribution >= 4 is 5.90 Å². The molecule has 2 aromatic rings. The average Bonchev–Trinajstić information content (AvgIpc) is 3.11. The summed E-state index contributed by atoms with van der Waals surface area (Å²) in [5.41, 5.74) is -0.948. The highest BCUT2D eigenvalue weighted by Gasteiger charge is 2.35. The molecule has 0 radical (unpaired) electrons. The van der Waals surface area contributed by atoms with Crippen LogP contribution in [0, 0.1) is 41.0 Å². The Balaban J connectivity index is 1.42. The van der Waals surface area contributed by atoms with Gasteiger partial charge in [0.1, 0.15) is 35.4 Å². The number of rotatable bonds is 3. The van der Waals surface area contributed by atoms with Crippen molar-refractivity contribution in [2.75, 3.05) is 6.61 Å². The van der Waals surface area contributed by atoms with Crippen molar-refractivity contribution in [1.82, 2.24) is 0 Å². The smallest absolute Gasteiger partial charge is 0.222 e. The van der Waals surface area contributed by atoms with Gasteiger partial charge >= 0.3 is 0 Å². The summed E-state index contributed by atoms with van der Waals surface area (Å²) in [5.74, 6) is -1.43. The predicted octanol–water partition coefficient (Wildman–Crippen LogP) is 7.79. The van der Waals surface area contributed by atoms with Crippen LogP contribution in [0.5, 0.6) is 0 Å². The van der Waals surface area contributed by atoms with Crippen molar-refractivity contribution in [3.8, 4) is 11.1 Å². The molecule has 0 saturated heterocycles. The fraction of sp³-hybridized carbons (Fsp3) is 0.536. The molecule has 3 aliphatic rings. The minimum absolute atomic E-state index is 0.115. The second-order valence-corrected chi connectivity index (χ2v) is 11.1. The molecule has 0 spiro atoms. The van der Waals surface area contributed by atoms with Gasteiger partial charge in [0.2, 0.25) is 5.90 Å². The quantitative estimate of drug-likeness (QED) is 0.417. The van der Waals surface area contributed by atoms with Gasteiger partial charge in [-0.25, -0.2) is 22.6 Å². The van der Waals surface area contributed by atoms with Gasteiger partial charge in [0.15, 0.2) is 0 Å². The Kier molecular flexibility index (Phi) is 5.97. The molecule has 2 nitrogen and oxygen atoms in total. The third-order valence-corrected chi connectivity index (χ3v) is 7.92. The molecular formula is C28H31F4NO. The van der Waals surface area contributed by atoms with E-state index in [1.165, 1.54) is 31.4 Å². The van der Waals surface area contributed by atoms with Gasteiger partial charge in [-0.1, -0.05) is 13.3 Å². The number of aliphatic imine (C=N–C) groups is 1. The number of ether oxygens (including phenoxy) is 1. The number of fused-ring (bicyclic) bond motifs is 1. The first-order valence-electron chi connectivity index (χ1n) is 12.3. The molecule has 5 rings (SSSR count). The summed E-state index contributed by atoms with van der Waals surface area (Å²) in [7, 11) is 0. The van der Waals surface area contributed by atoms with E-state index >= 15 is 8.78 Å². The van der Waals surface area contributed by atoms with E-state index in [-0.39, 0.29) is 24.0 Å². The van der Waals surface area contributed by atoms with Crippen LogP contribution < -0.4 is 0 Å². The fourth-order valence-electron chi connectivity index (χ4n) is 6.17. The first kappa shape index (κ1) is 23.4. The van der Waals surface area contributed by atoms with Gasteiger partial charge in [-0.15, -0.1) is 0 Å². The van der Waals surface area contributed by atoms with Gasteiger partial charge in [0.25, 0.3) is 0 Å². The van der Waals surface area contributed by atoms with Crippen molar-refractivity contribution in [1.29, 1.82) is 0 Å². The second kappa shape index (κ2) is 8.69. The lowest BCUT2D eigenvalue weighted by Gasteiger charge is -2.41. The molecule has 1 unspecified atom stereocenters. The van der Waals surface area contributed by atoms with Crippen LogP contribution in [0.1, 0.15) is 76.3 Å². The summed E-state index contributed by atoms with van der Waals surface area (Å²) >= 11 is 0. The summed E-state index contributed by atoms with van der Waals surface area (Å²) in [6.07, 6.45) is 6.61. The Morgan fingerprint density at radius 3 is 2.00 bits per heavy atom. The van der Waals surface area contributed by atoms with Gasteiger partial charge in [-0.3, -0.25) is 0 Å². The van der Waals surface area contributed by atoms with Crippen LogP contribution >= 0.6 is 0 Å². The van der Waals surface area contributed by atoms with Crippen molar-refractivity contribution < 1.29 is 22.3 Å². The molecule has 182 valence electrons. The molecule has 0 amide bonds. The van der Waals surface area contributed by atoms with E-state index in [0.29, 0.717) is 11.5 Å². The summed E-state index contributed by atoms with van der Waals surface area (Å²) in [6.45, 7) is 6.09. The van der Waals surface area contributed by atoms with E-state index in [0.717, 1.165) is 43.2 Å². The lowest BCUT2D eigenvalue weighted by molar-refractivity contribution is 0.124. The topological polar surface area (TPSA) is 21.6 Å². The van der Waals surface area contributed by atoms with Gasteiger partial charge in [0, 0.05) is 0 Å². The maximum atomic E-state index is 15.2. The second-order valence-electron chi connectivity index (χ2n) is 11.1. The minimum Gasteiger partial charge on any atom is -0.475 e. The Morgan fingerprint density at radius 1 is 0.794 bits per heavy atom. The molecule has 0 aromatic heterocycles. The fourth-order valence-corrected chi connectivity index (χ4v) is 6.17. The molecule has 2 aliphatic carbocycles. The van der Waals surface area contributed by atoms with E-state index in [4.69, 9.17) is 4.74 Å². The summed E-state index contributed by atoms with van der Waals surface area (Å²) < 4.78 is 65.4. The lowest BCUT2D eigenvalue weighted by Crippen LogP contribution is -2.29. The molecule has 2 aromatic carbocycles. The molecule has 4 atom stereocenters.